The molecule has 0 saturated heterocycles. The highest BCUT2D eigenvalue weighted by molar-refractivity contribution is 6.31. The van der Waals surface area contributed by atoms with Gasteiger partial charge in [-0.15, -0.1) is 0 Å². The Balaban J connectivity index is 1.89. The third kappa shape index (κ3) is 4.15. The quantitative estimate of drug-likeness (QED) is 0.483. The normalized spacial score (nSPS) is 11.4. The van der Waals surface area contributed by atoms with Crippen molar-refractivity contribution in [2.24, 2.45) is 4.99 Å². The number of anilines is 1. The van der Waals surface area contributed by atoms with E-state index >= 15 is 0 Å². The van der Waals surface area contributed by atoms with Gasteiger partial charge in [0.1, 0.15) is 22.6 Å². The number of carbonyl (C=O) groups excluding carboxylic acids is 1. The lowest BCUT2D eigenvalue weighted by Crippen LogP contribution is -2.21. The molecule has 1 amide bonds. The molecular weight excluding hydrogens is 388 g/mol. The summed E-state index contributed by atoms with van der Waals surface area (Å²) < 4.78 is 11.3. The van der Waals surface area contributed by atoms with Crippen LogP contribution in [0.2, 0.25) is 5.02 Å². The molecule has 1 N–H and O–H groups in total. The number of benzene rings is 3. The average molecular weight is 405 g/mol. The van der Waals surface area contributed by atoms with Crippen molar-refractivity contribution in [1.82, 2.24) is 0 Å². The minimum absolute atomic E-state index is 0.178. The molecule has 6 heteroatoms. The lowest BCUT2D eigenvalue weighted by atomic mass is 10.1. The molecule has 0 spiro atoms. The van der Waals surface area contributed by atoms with E-state index < -0.39 is 0 Å². The van der Waals surface area contributed by atoms with Crippen molar-refractivity contribution in [1.29, 1.82) is 0 Å². The Morgan fingerprint density at radius 3 is 2.55 bits per heavy atom. The van der Waals surface area contributed by atoms with Crippen molar-refractivity contribution < 1.29 is 13.9 Å². The zero-order valence-corrected chi connectivity index (χ0v) is 16.3. The van der Waals surface area contributed by atoms with Crippen LogP contribution in [0.1, 0.15) is 10.4 Å². The van der Waals surface area contributed by atoms with Crippen LogP contribution >= 0.6 is 11.6 Å². The minimum Gasteiger partial charge on any atom is -0.494 e. The smallest absolute Gasteiger partial charge is 0.261 e. The Kier molecular flexibility index (Phi) is 5.31. The molecule has 29 heavy (non-hydrogen) atoms. The number of carbonyl (C=O) groups is 1. The third-order valence-electron chi connectivity index (χ3n) is 4.29. The van der Waals surface area contributed by atoms with Gasteiger partial charge in [0, 0.05) is 16.1 Å². The van der Waals surface area contributed by atoms with Crippen LogP contribution in [0.25, 0.3) is 11.0 Å². The fourth-order valence-electron chi connectivity index (χ4n) is 2.90. The van der Waals surface area contributed by atoms with Crippen LogP contribution in [0.5, 0.6) is 5.75 Å². The summed E-state index contributed by atoms with van der Waals surface area (Å²) in [4.78, 5) is 17.6. The topological polar surface area (TPSA) is 63.8 Å². The summed E-state index contributed by atoms with van der Waals surface area (Å²) in [6.45, 7) is 0. The van der Waals surface area contributed by atoms with Crippen molar-refractivity contribution in [3.05, 3.63) is 95.0 Å². The molecule has 0 saturated carbocycles. The zero-order valence-electron chi connectivity index (χ0n) is 15.6. The zero-order chi connectivity index (χ0) is 20.2. The molecule has 4 rings (SSSR count). The Hall–Kier alpha value is -3.57. The van der Waals surface area contributed by atoms with Crippen molar-refractivity contribution in [3.8, 4) is 5.75 Å². The maximum atomic E-state index is 13.0. The molecule has 4 aromatic rings. The molecule has 0 bridgehead atoms. The van der Waals surface area contributed by atoms with E-state index in [4.69, 9.17) is 20.8 Å². The van der Waals surface area contributed by atoms with Gasteiger partial charge in [-0.1, -0.05) is 41.9 Å². The number of rotatable bonds is 4. The van der Waals surface area contributed by atoms with E-state index in [0.29, 0.717) is 33.1 Å². The summed E-state index contributed by atoms with van der Waals surface area (Å²) in [5.41, 5.74) is 2.26. The molecule has 0 unspecified atom stereocenters. The second kappa shape index (κ2) is 8.20. The predicted molar refractivity (Wildman–Crippen MR) is 114 cm³/mol. The number of nitrogens with zero attached hydrogens (tertiary/aromatic N) is 1. The summed E-state index contributed by atoms with van der Waals surface area (Å²) >= 11 is 6.11. The van der Waals surface area contributed by atoms with Crippen LogP contribution in [0.4, 0.5) is 11.4 Å². The van der Waals surface area contributed by atoms with Gasteiger partial charge in [0.05, 0.1) is 7.11 Å². The number of nitrogens with one attached hydrogen (secondary N) is 1. The van der Waals surface area contributed by atoms with Gasteiger partial charge < -0.3 is 14.5 Å². The van der Waals surface area contributed by atoms with Gasteiger partial charge in [0.2, 0.25) is 5.55 Å². The molecule has 144 valence electrons. The fraction of sp³-hybridized carbons (Fsp3) is 0.0435. The van der Waals surface area contributed by atoms with Crippen molar-refractivity contribution in [3.63, 3.8) is 0 Å². The number of hydrogen-bond acceptors (Lipinski definition) is 4. The molecule has 5 nitrogen and oxygen atoms in total. The molecule has 0 fully saturated rings. The first-order valence-corrected chi connectivity index (χ1v) is 9.29. The van der Waals surface area contributed by atoms with Gasteiger partial charge >= 0.3 is 0 Å². The molecule has 1 heterocycles. The Bertz CT molecular complexity index is 1250. The first-order chi connectivity index (χ1) is 14.1. The highest BCUT2D eigenvalue weighted by Crippen LogP contribution is 2.26. The van der Waals surface area contributed by atoms with E-state index in [1.807, 2.05) is 42.5 Å². The maximum absolute atomic E-state index is 13.0. The number of hydrogen-bond donors (Lipinski definition) is 1. The second-order valence-electron chi connectivity index (χ2n) is 6.25. The van der Waals surface area contributed by atoms with E-state index in [1.54, 1.807) is 43.5 Å². The number of amides is 1. The number of methoxy groups -OCH3 is 1. The highest BCUT2D eigenvalue weighted by Gasteiger charge is 2.14. The van der Waals surface area contributed by atoms with Gasteiger partial charge in [0.25, 0.3) is 5.91 Å². The van der Waals surface area contributed by atoms with Crippen molar-refractivity contribution in [2.45, 2.75) is 0 Å². The summed E-state index contributed by atoms with van der Waals surface area (Å²) in [6, 6.07) is 23.4. The largest absolute Gasteiger partial charge is 0.494 e. The lowest BCUT2D eigenvalue weighted by molar-refractivity contribution is 0.102. The summed E-state index contributed by atoms with van der Waals surface area (Å²) in [6.07, 6.45) is 0. The van der Waals surface area contributed by atoms with Crippen LogP contribution in [0.3, 0.4) is 0 Å². The number of fused-ring (bicyclic) bond motifs is 1. The van der Waals surface area contributed by atoms with Crippen molar-refractivity contribution in [2.75, 3.05) is 12.4 Å². The van der Waals surface area contributed by atoms with E-state index in [2.05, 4.69) is 10.3 Å². The Morgan fingerprint density at radius 2 is 1.76 bits per heavy atom. The molecule has 0 aliphatic rings. The summed E-state index contributed by atoms with van der Waals surface area (Å²) in [7, 11) is 1.57. The molecule has 0 atom stereocenters. The van der Waals surface area contributed by atoms with E-state index in [1.165, 1.54) is 0 Å². The van der Waals surface area contributed by atoms with Gasteiger partial charge in [0.15, 0.2) is 0 Å². The Morgan fingerprint density at radius 1 is 1.00 bits per heavy atom. The van der Waals surface area contributed by atoms with Crippen molar-refractivity contribution >= 4 is 39.9 Å². The van der Waals surface area contributed by atoms with E-state index in [0.717, 1.165) is 0 Å². The Labute approximate surface area is 172 Å². The first kappa shape index (κ1) is 18.8. The predicted octanol–water partition coefficient (Wildman–Crippen LogP) is 5.58. The number of para-hydroxylation sites is 3. The molecular formula is C23H17ClN2O3. The molecule has 0 radical (unpaired) electrons. The van der Waals surface area contributed by atoms with Gasteiger partial charge in [-0.25, -0.2) is 4.99 Å². The number of halogens is 1. The van der Waals surface area contributed by atoms with Crippen LogP contribution in [-0.2, 0) is 0 Å². The van der Waals surface area contributed by atoms with Crippen LogP contribution < -0.4 is 15.6 Å². The molecule has 0 aliphatic heterocycles. The second-order valence-corrected chi connectivity index (χ2v) is 6.69. The lowest BCUT2D eigenvalue weighted by Gasteiger charge is -2.08. The minimum atomic E-state index is -0.338. The van der Waals surface area contributed by atoms with Gasteiger partial charge in [-0.2, -0.15) is 0 Å². The molecule has 1 aromatic heterocycles. The standard InChI is InChI=1S/C23H17ClN2O3/c1-28-21-10-6-5-9-19(21)26-23-18(22(27)25-17-7-3-2-4-8-17)14-15-13-16(24)11-12-20(15)29-23/h2-14H,1H3,(H,25,27). The van der Waals surface area contributed by atoms with Crippen LogP contribution in [0.15, 0.2) is 88.3 Å². The van der Waals surface area contributed by atoms with Crippen LogP contribution in [0, 0.1) is 0 Å². The highest BCUT2D eigenvalue weighted by atomic mass is 35.5. The average Bonchev–Trinajstić information content (AvgIpc) is 2.74. The van der Waals surface area contributed by atoms with Gasteiger partial charge in [-0.3, -0.25) is 4.79 Å². The monoisotopic (exact) mass is 404 g/mol. The summed E-state index contributed by atoms with van der Waals surface area (Å²) in [5.74, 6) is 0.240. The number of ether oxygens (including phenoxy) is 1. The summed E-state index contributed by atoms with van der Waals surface area (Å²) in [5, 5.41) is 4.12. The molecule has 0 aliphatic carbocycles. The van der Waals surface area contributed by atoms with E-state index in [-0.39, 0.29) is 17.0 Å². The van der Waals surface area contributed by atoms with E-state index in [9.17, 15) is 4.79 Å². The SMILES string of the molecule is COc1ccccc1N=c1oc2ccc(Cl)cc2cc1C(=O)Nc1ccccc1. The van der Waals surface area contributed by atoms with Crippen LogP contribution in [-0.4, -0.2) is 13.0 Å². The first-order valence-electron chi connectivity index (χ1n) is 8.91. The fourth-order valence-corrected chi connectivity index (χ4v) is 3.08. The van der Waals surface area contributed by atoms with Gasteiger partial charge in [-0.05, 0) is 48.5 Å². The molecule has 3 aromatic carbocycles. The third-order valence-corrected chi connectivity index (χ3v) is 4.53. The maximum Gasteiger partial charge on any atom is 0.261 e.